The maximum Gasteiger partial charge on any atom is 0.252 e. The van der Waals surface area contributed by atoms with Gasteiger partial charge in [0.15, 0.2) is 5.82 Å². The number of rotatable bonds is 4. The van der Waals surface area contributed by atoms with Crippen molar-refractivity contribution < 1.29 is 0 Å². The second kappa shape index (κ2) is 18.3. The first kappa shape index (κ1) is 54.9. The number of para-hydroxylation sites is 1. The predicted molar refractivity (Wildman–Crippen MR) is 367 cm³/mol. The van der Waals surface area contributed by atoms with Crippen molar-refractivity contribution in [3.8, 4) is 56.3 Å². The Morgan fingerprint density at radius 3 is 1.18 bits per heavy atom. The van der Waals surface area contributed by atoms with Crippen LogP contribution in [-0.2, 0) is 32.5 Å². The first-order valence-corrected chi connectivity index (χ1v) is 31.0. The van der Waals surface area contributed by atoms with E-state index in [-0.39, 0.29) is 39.2 Å². The van der Waals surface area contributed by atoms with Gasteiger partial charge in [-0.1, -0.05) is 246 Å². The fourth-order valence-corrected chi connectivity index (χ4v) is 14.2. The topological polar surface area (TPSA) is 35.6 Å². The van der Waals surface area contributed by atoms with Gasteiger partial charge in [-0.05, 0) is 147 Å². The molecule has 85 heavy (non-hydrogen) atoms. The van der Waals surface area contributed by atoms with Gasteiger partial charge in [-0.25, -0.2) is 9.97 Å². The van der Waals surface area contributed by atoms with Gasteiger partial charge in [-0.2, -0.15) is 0 Å². The molecule has 0 unspecified atom stereocenters. The Balaban J connectivity index is 1.23. The zero-order chi connectivity index (χ0) is 60.0. The summed E-state index contributed by atoms with van der Waals surface area (Å²) in [5.74, 6) is 0.720. The summed E-state index contributed by atoms with van der Waals surface area (Å²) in [7, 11) is 0. The third-order valence-corrected chi connectivity index (χ3v) is 18.9. The van der Waals surface area contributed by atoms with Gasteiger partial charge >= 0.3 is 0 Å². The normalized spacial score (nSPS) is 13.7. The van der Waals surface area contributed by atoms with Crippen LogP contribution in [0.15, 0.2) is 164 Å². The highest BCUT2D eigenvalue weighted by atomic mass is 15.0. The molecule has 0 saturated heterocycles. The Labute approximate surface area is 504 Å². The maximum atomic E-state index is 5.68. The Morgan fingerprint density at radius 1 is 0.329 bits per heavy atom. The van der Waals surface area contributed by atoms with Crippen LogP contribution >= 0.6 is 0 Å². The molecule has 2 aliphatic heterocycles. The lowest BCUT2D eigenvalue weighted by molar-refractivity contribution is 0.572. The summed E-state index contributed by atoms with van der Waals surface area (Å²) in [6.07, 6.45) is 0. The van der Waals surface area contributed by atoms with Gasteiger partial charge in [0.05, 0.1) is 22.2 Å². The van der Waals surface area contributed by atoms with Crippen molar-refractivity contribution in [2.45, 2.75) is 157 Å². The minimum absolute atomic E-state index is 0.0267. The molecule has 0 atom stereocenters. The molecule has 0 amide bonds. The number of nitrogens with zero attached hydrogens (tertiary/aromatic N) is 4. The summed E-state index contributed by atoms with van der Waals surface area (Å²) in [5.41, 5.74) is 27.8. The Kier molecular flexibility index (Phi) is 11.8. The van der Waals surface area contributed by atoms with E-state index in [1.807, 2.05) is 0 Å². The average molecular weight is 1110 g/mol. The zero-order valence-electron chi connectivity index (χ0n) is 53.5. The number of hydrogen-bond acceptors (Lipinski definition) is 2. The van der Waals surface area contributed by atoms with E-state index in [1.165, 1.54) is 127 Å². The number of benzene rings is 9. The van der Waals surface area contributed by atoms with Crippen LogP contribution in [0.2, 0.25) is 0 Å². The lowest BCUT2D eigenvalue weighted by atomic mass is 9.34. The van der Waals surface area contributed by atoms with Crippen molar-refractivity contribution in [2.75, 3.05) is 0 Å². The Bertz CT molecular complexity index is 4530. The van der Waals surface area contributed by atoms with Gasteiger partial charge in [0, 0.05) is 60.5 Å². The molecule has 3 aromatic heterocycles. The molecule has 2 aliphatic rings. The molecule has 0 saturated carbocycles. The van der Waals surface area contributed by atoms with Crippen LogP contribution in [-0.4, -0.2) is 25.8 Å². The molecule has 0 N–H and O–H groups in total. The second-order valence-electron chi connectivity index (χ2n) is 31.2. The van der Waals surface area contributed by atoms with Crippen LogP contribution in [0.5, 0.6) is 0 Å². The molecule has 0 radical (unpaired) electrons. The smallest absolute Gasteiger partial charge is 0.252 e. The SMILES string of the molecule is CC(C)(C)c1ccc(-c2cc3c4c(c2)c2c(C(C)(C)C)cc(C(C)(C)C)cc2n4-c2cc(-c4nc(-c5ccccc5)nc5ccccc45)cc4c2B3c2cc(-c3ccc(C(C)(C)C)cc3)cc3c5c(C(C)(C)C)cc(C(C)(C)C)cc5n-4c23)cc1. The minimum Gasteiger partial charge on any atom is -0.310 e. The molecule has 424 valence electrons. The highest BCUT2D eigenvalue weighted by Crippen LogP contribution is 2.49. The van der Waals surface area contributed by atoms with Crippen molar-refractivity contribution >= 4 is 77.6 Å². The van der Waals surface area contributed by atoms with Crippen LogP contribution in [0, 0.1) is 0 Å². The number of fused-ring (bicyclic) bond motifs is 11. The van der Waals surface area contributed by atoms with Crippen molar-refractivity contribution in [1.29, 1.82) is 0 Å². The fraction of sp³-hybridized carbons (Fsp3) is 0.300. The molecular formula is C80H81BN4. The molecule has 0 fully saturated rings. The molecule has 5 heterocycles. The summed E-state index contributed by atoms with van der Waals surface area (Å²) in [6.45, 7) is 42.4. The first-order valence-electron chi connectivity index (χ1n) is 31.0. The van der Waals surface area contributed by atoms with Crippen LogP contribution in [0.25, 0.3) is 111 Å². The lowest BCUT2D eigenvalue weighted by Gasteiger charge is -2.35. The molecule has 12 aromatic rings. The summed E-state index contributed by atoms with van der Waals surface area (Å²) in [6, 6.07) is 63.5. The Morgan fingerprint density at radius 2 is 0.753 bits per heavy atom. The largest absolute Gasteiger partial charge is 0.310 e. The van der Waals surface area contributed by atoms with Crippen LogP contribution < -0.4 is 16.4 Å². The van der Waals surface area contributed by atoms with Crippen LogP contribution in [0.3, 0.4) is 0 Å². The summed E-state index contributed by atoms with van der Waals surface area (Å²) >= 11 is 0. The molecule has 5 heteroatoms. The molecule has 14 rings (SSSR count). The van der Waals surface area contributed by atoms with Crippen molar-refractivity contribution in [3.63, 3.8) is 0 Å². The monoisotopic (exact) mass is 1110 g/mol. The highest BCUT2D eigenvalue weighted by molar-refractivity contribution is 7.00. The van der Waals surface area contributed by atoms with Gasteiger partial charge in [0.2, 0.25) is 0 Å². The van der Waals surface area contributed by atoms with Crippen LogP contribution in [0.4, 0.5) is 0 Å². The van der Waals surface area contributed by atoms with E-state index < -0.39 is 0 Å². The molecule has 0 aliphatic carbocycles. The fourth-order valence-electron chi connectivity index (χ4n) is 14.2. The third kappa shape index (κ3) is 8.67. The quantitative estimate of drug-likeness (QED) is 0.165. The van der Waals surface area contributed by atoms with Crippen molar-refractivity contribution in [3.05, 3.63) is 197 Å². The second-order valence-corrected chi connectivity index (χ2v) is 31.2. The molecule has 9 aromatic carbocycles. The van der Waals surface area contributed by atoms with Gasteiger partial charge in [0.25, 0.3) is 6.71 Å². The number of aromatic nitrogens is 4. The summed E-state index contributed by atoms with van der Waals surface area (Å²) < 4.78 is 5.42. The van der Waals surface area contributed by atoms with E-state index in [4.69, 9.17) is 9.97 Å². The molecular weight excluding hydrogens is 1030 g/mol. The van der Waals surface area contributed by atoms with Gasteiger partial charge in [-0.3, -0.25) is 0 Å². The lowest BCUT2D eigenvalue weighted by Crippen LogP contribution is -2.59. The molecule has 0 spiro atoms. The summed E-state index contributed by atoms with van der Waals surface area (Å²) in [4.78, 5) is 11.0. The van der Waals surface area contributed by atoms with E-state index >= 15 is 0 Å². The zero-order valence-corrected chi connectivity index (χ0v) is 53.5. The molecule has 4 nitrogen and oxygen atoms in total. The Hall–Kier alpha value is -8.02. The maximum absolute atomic E-state index is 5.68. The van der Waals surface area contributed by atoms with Crippen molar-refractivity contribution in [1.82, 2.24) is 19.1 Å². The third-order valence-electron chi connectivity index (χ3n) is 18.9. The average Bonchev–Trinajstić information content (AvgIpc) is 1.57. The van der Waals surface area contributed by atoms with Gasteiger partial charge in [-0.15, -0.1) is 0 Å². The van der Waals surface area contributed by atoms with E-state index in [0.717, 1.165) is 33.5 Å². The summed E-state index contributed by atoms with van der Waals surface area (Å²) in [5, 5.41) is 6.28. The number of hydrogen-bond donors (Lipinski definition) is 0. The van der Waals surface area contributed by atoms with Gasteiger partial charge in [0.1, 0.15) is 0 Å². The van der Waals surface area contributed by atoms with Gasteiger partial charge < -0.3 is 9.13 Å². The van der Waals surface area contributed by atoms with E-state index in [9.17, 15) is 0 Å². The highest BCUT2D eigenvalue weighted by Gasteiger charge is 2.44. The molecule has 0 bridgehead atoms. The van der Waals surface area contributed by atoms with Crippen molar-refractivity contribution in [2.24, 2.45) is 0 Å². The predicted octanol–water partition coefficient (Wildman–Crippen LogP) is 19.4. The van der Waals surface area contributed by atoms with E-state index in [0.29, 0.717) is 0 Å². The van der Waals surface area contributed by atoms with E-state index in [1.54, 1.807) is 0 Å². The van der Waals surface area contributed by atoms with E-state index in [2.05, 4.69) is 298 Å². The van der Waals surface area contributed by atoms with Crippen LogP contribution in [0.1, 0.15) is 158 Å². The first-order chi connectivity index (χ1) is 39.9. The standard InChI is InChI=1S/C80H81BN4/c1-75(2,3)52-32-28-46(29-33-52)49-36-57-68-59(79(13,14)15)42-54(77(7,8)9)44-64(68)84-66-40-51(71-56-26-22-23-27-63(56)82-74(83-71)48-24-20-19-21-25-48)41-67-70(66)81(61(38-49)72(57)84)62-39-50(47-30-34-53(35-31-47)76(4,5)6)37-58-69-60(80(16,17)18)43-55(78(10,11)12)45-65(69)85(67)73(58)62/h19-45H,1-18H3. The minimum atomic E-state index is -0.177.